The van der Waals surface area contributed by atoms with Crippen LogP contribution in [0.5, 0.6) is 0 Å². The van der Waals surface area contributed by atoms with Gasteiger partial charge in [0.25, 0.3) is 11.6 Å². The third-order valence-corrected chi connectivity index (χ3v) is 6.18. The number of hydrogen-bond donors (Lipinski definition) is 1. The van der Waals surface area contributed by atoms with Crippen LogP contribution in [0.1, 0.15) is 29.1 Å². The number of piperazine rings is 1. The number of carbonyl (C=O) groups excluding carboxylic acids is 1. The van der Waals surface area contributed by atoms with Gasteiger partial charge in [0.1, 0.15) is 5.69 Å². The number of hydrogen-bond acceptors (Lipinski definition) is 6. The smallest absolute Gasteiger partial charge is 0.293 e. The minimum atomic E-state index is -0.406. The maximum absolute atomic E-state index is 12.2. The third-order valence-electron chi connectivity index (χ3n) is 4.58. The van der Waals surface area contributed by atoms with Crippen molar-refractivity contribution in [1.82, 2.24) is 10.2 Å². The van der Waals surface area contributed by atoms with Crippen molar-refractivity contribution in [3.05, 3.63) is 54.7 Å². The van der Waals surface area contributed by atoms with E-state index in [0.717, 1.165) is 23.4 Å². The number of rotatable bonds is 6. The molecule has 1 aliphatic heterocycles. The number of nitro benzene ring substituents is 1. The molecule has 0 aliphatic carbocycles. The number of anilines is 1. The fourth-order valence-corrected chi connectivity index (χ4v) is 4.75. The second-order valence-electron chi connectivity index (χ2n) is 7.06. The maximum atomic E-state index is 12.2. The molecule has 0 atom stereocenters. The van der Waals surface area contributed by atoms with Gasteiger partial charge in [0.05, 0.1) is 8.71 Å². The molecule has 0 spiro atoms. The number of nitro groups is 1. The van der Waals surface area contributed by atoms with Crippen molar-refractivity contribution in [3.63, 3.8) is 0 Å². The van der Waals surface area contributed by atoms with Crippen molar-refractivity contribution in [2.45, 2.75) is 26.4 Å². The number of halogens is 1. The molecule has 28 heavy (non-hydrogen) atoms. The molecule has 2 heterocycles. The highest BCUT2D eigenvalue weighted by molar-refractivity contribution is 9.11. The van der Waals surface area contributed by atoms with Crippen LogP contribution in [0.3, 0.4) is 0 Å². The van der Waals surface area contributed by atoms with Crippen LogP contribution in [-0.2, 0) is 6.54 Å². The minimum absolute atomic E-state index is 0.0213. The zero-order valence-electron chi connectivity index (χ0n) is 15.9. The van der Waals surface area contributed by atoms with Crippen LogP contribution in [0.2, 0.25) is 0 Å². The van der Waals surface area contributed by atoms with Gasteiger partial charge in [-0.3, -0.25) is 19.8 Å². The first-order valence-corrected chi connectivity index (χ1v) is 10.7. The first kappa shape index (κ1) is 20.8. The van der Waals surface area contributed by atoms with Gasteiger partial charge >= 0.3 is 0 Å². The molecule has 1 saturated heterocycles. The third kappa shape index (κ3) is 5.09. The predicted molar refractivity (Wildman–Crippen MR) is 115 cm³/mol. The molecular weight excluding hydrogens is 444 g/mol. The first-order chi connectivity index (χ1) is 13.3. The SMILES string of the molecule is CC(C)NC(=O)c1ccc(N2CCN(Cc3ccc(Br)s3)CC2)c([N+](=O)[O-])c1. The minimum Gasteiger partial charge on any atom is -0.363 e. The Hall–Kier alpha value is -1.97. The van der Waals surface area contributed by atoms with Gasteiger partial charge < -0.3 is 10.2 Å². The fraction of sp³-hybridized carbons (Fsp3) is 0.421. The Morgan fingerprint density at radius 3 is 2.54 bits per heavy atom. The van der Waals surface area contributed by atoms with Crippen molar-refractivity contribution in [2.75, 3.05) is 31.1 Å². The summed E-state index contributed by atoms with van der Waals surface area (Å²) in [7, 11) is 0. The number of nitrogens with zero attached hydrogens (tertiary/aromatic N) is 3. The van der Waals surface area contributed by atoms with E-state index in [9.17, 15) is 14.9 Å². The van der Waals surface area contributed by atoms with Crippen LogP contribution in [-0.4, -0.2) is 48.0 Å². The summed E-state index contributed by atoms with van der Waals surface area (Å²) in [4.78, 5) is 29.1. The molecule has 1 amide bonds. The van der Waals surface area contributed by atoms with E-state index in [4.69, 9.17) is 0 Å². The van der Waals surface area contributed by atoms with Gasteiger partial charge in [0.15, 0.2) is 0 Å². The lowest BCUT2D eigenvalue weighted by Crippen LogP contribution is -2.46. The van der Waals surface area contributed by atoms with E-state index in [0.29, 0.717) is 24.3 Å². The van der Waals surface area contributed by atoms with E-state index in [2.05, 4.69) is 38.3 Å². The molecule has 0 saturated carbocycles. The molecule has 1 N–H and O–H groups in total. The van der Waals surface area contributed by atoms with Crippen LogP contribution in [0.15, 0.2) is 34.1 Å². The highest BCUT2D eigenvalue weighted by Gasteiger charge is 2.25. The first-order valence-electron chi connectivity index (χ1n) is 9.14. The fourth-order valence-electron chi connectivity index (χ4n) is 3.23. The molecule has 1 aromatic carbocycles. The summed E-state index contributed by atoms with van der Waals surface area (Å²) < 4.78 is 1.12. The number of benzene rings is 1. The highest BCUT2D eigenvalue weighted by atomic mass is 79.9. The Morgan fingerprint density at radius 2 is 1.96 bits per heavy atom. The van der Waals surface area contributed by atoms with Crippen LogP contribution in [0.4, 0.5) is 11.4 Å². The molecular formula is C19H23BrN4O3S. The van der Waals surface area contributed by atoms with E-state index in [-0.39, 0.29) is 17.6 Å². The number of thiophene rings is 1. The van der Waals surface area contributed by atoms with Crippen LogP contribution < -0.4 is 10.2 Å². The largest absolute Gasteiger partial charge is 0.363 e. The van der Waals surface area contributed by atoms with Gasteiger partial charge in [-0.05, 0) is 54.0 Å². The zero-order valence-corrected chi connectivity index (χ0v) is 18.3. The summed E-state index contributed by atoms with van der Waals surface area (Å²) in [5.74, 6) is -0.295. The predicted octanol–water partition coefficient (Wildman–Crippen LogP) is 3.88. The zero-order chi connectivity index (χ0) is 20.3. The molecule has 1 aliphatic rings. The molecule has 150 valence electrons. The Kier molecular flexibility index (Phi) is 6.69. The van der Waals surface area contributed by atoms with Gasteiger partial charge in [0.2, 0.25) is 0 Å². The van der Waals surface area contributed by atoms with Crippen LogP contribution >= 0.6 is 27.3 Å². The Labute approximate surface area is 176 Å². The van der Waals surface area contributed by atoms with Crippen molar-refractivity contribution in [2.24, 2.45) is 0 Å². The molecule has 3 rings (SSSR count). The summed E-state index contributed by atoms with van der Waals surface area (Å²) in [5, 5.41) is 14.4. The molecule has 7 nitrogen and oxygen atoms in total. The van der Waals surface area contributed by atoms with E-state index in [1.807, 2.05) is 18.7 Å². The topological polar surface area (TPSA) is 78.7 Å². The number of nitrogens with one attached hydrogen (secondary N) is 1. The van der Waals surface area contributed by atoms with E-state index < -0.39 is 4.92 Å². The Balaban J connectivity index is 1.69. The average molecular weight is 467 g/mol. The Bertz CT molecular complexity index is 863. The standard InChI is InChI=1S/C19H23BrN4O3S/c1-13(2)21-19(25)14-3-5-16(17(11-14)24(26)27)23-9-7-22(8-10-23)12-15-4-6-18(20)28-15/h3-6,11,13H,7-10,12H2,1-2H3,(H,21,25). The van der Waals surface area contributed by atoms with E-state index in [1.165, 1.54) is 10.9 Å². The summed E-state index contributed by atoms with van der Waals surface area (Å²) in [6.45, 7) is 7.70. The Morgan fingerprint density at radius 1 is 1.25 bits per heavy atom. The van der Waals surface area contributed by atoms with Crippen molar-refractivity contribution in [3.8, 4) is 0 Å². The highest BCUT2D eigenvalue weighted by Crippen LogP contribution is 2.31. The van der Waals surface area contributed by atoms with Gasteiger partial charge in [-0.1, -0.05) is 0 Å². The lowest BCUT2D eigenvalue weighted by molar-refractivity contribution is -0.384. The maximum Gasteiger partial charge on any atom is 0.293 e. The molecule has 1 fully saturated rings. The van der Waals surface area contributed by atoms with Crippen molar-refractivity contribution in [1.29, 1.82) is 0 Å². The summed E-state index contributed by atoms with van der Waals surface area (Å²) in [6.07, 6.45) is 0. The van der Waals surface area contributed by atoms with E-state index in [1.54, 1.807) is 23.5 Å². The second-order valence-corrected chi connectivity index (χ2v) is 9.61. The van der Waals surface area contributed by atoms with Gasteiger partial charge in [-0.2, -0.15) is 0 Å². The number of amides is 1. The molecule has 0 bridgehead atoms. The van der Waals surface area contributed by atoms with Gasteiger partial charge in [-0.15, -0.1) is 11.3 Å². The quantitative estimate of drug-likeness (QED) is 0.516. The average Bonchev–Trinajstić information content (AvgIpc) is 3.06. The number of carbonyl (C=O) groups is 1. The lowest BCUT2D eigenvalue weighted by atomic mass is 10.1. The molecule has 2 aromatic rings. The summed E-state index contributed by atoms with van der Waals surface area (Å²) in [5.41, 5.74) is 0.864. The van der Waals surface area contributed by atoms with E-state index >= 15 is 0 Å². The summed E-state index contributed by atoms with van der Waals surface area (Å²) in [6, 6.07) is 8.88. The second kappa shape index (κ2) is 9.02. The summed E-state index contributed by atoms with van der Waals surface area (Å²) >= 11 is 5.21. The van der Waals surface area contributed by atoms with Crippen LogP contribution in [0, 0.1) is 10.1 Å². The van der Waals surface area contributed by atoms with Crippen molar-refractivity contribution < 1.29 is 9.72 Å². The molecule has 0 unspecified atom stereocenters. The lowest BCUT2D eigenvalue weighted by Gasteiger charge is -2.35. The van der Waals surface area contributed by atoms with Gasteiger partial charge in [0, 0.05) is 55.3 Å². The molecule has 0 radical (unpaired) electrons. The molecule has 1 aromatic heterocycles. The van der Waals surface area contributed by atoms with Crippen LogP contribution in [0.25, 0.3) is 0 Å². The molecule has 9 heteroatoms. The monoisotopic (exact) mass is 466 g/mol. The normalized spacial score (nSPS) is 15.1. The van der Waals surface area contributed by atoms with Gasteiger partial charge in [-0.25, -0.2) is 0 Å². The van der Waals surface area contributed by atoms with Crippen molar-refractivity contribution >= 4 is 44.5 Å².